The van der Waals surface area contributed by atoms with Crippen LogP contribution in [0, 0.1) is 5.92 Å². The predicted molar refractivity (Wildman–Crippen MR) is 103 cm³/mol. The maximum Gasteiger partial charge on any atom is 0.226 e. The van der Waals surface area contributed by atoms with Crippen LogP contribution < -0.4 is 5.32 Å². The first-order valence-electron chi connectivity index (χ1n) is 9.06. The summed E-state index contributed by atoms with van der Waals surface area (Å²) in [6.45, 7) is 8.63. The fourth-order valence-corrected chi connectivity index (χ4v) is 3.83. The molecule has 0 aliphatic carbocycles. The number of pyridine rings is 1. The molecule has 1 aliphatic rings. The van der Waals surface area contributed by atoms with Crippen LogP contribution >= 0.6 is 11.3 Å². The van der Waals surface area contributed by atoms with E-state index in [1.807, 2.05) is 23.6 Å². The van der Waals surface area contributed by atoms with Crippen LogP contribution in [-0.2, 0) is 16.0 Å². The summed E-state index contributed by atoms with van der Waals surface area (Å²) in [5.74, 6) is 0.619. The Hall–Kier alpha value is -1.83. The van der Waals surface area contributed by atoms with Crippen LogP contribution in [0.2, 0.25) is 0 Å². The first-order valence-corrected chi connectivity index (χ1v) is 9.94. The minimum atomic E-state index is -0.0209. The van der Waals surface area contributed by atoms with Crippen LogP contribution in [0.1, 0.15) is 19.5 Å². The third-order valence-electron chi connectivity index (χ3n) is 4.15. The molecular formula is C19H26N4O2S. The number of nitrogens with zero attached hydrogens (tertiary/aromatic N) is 3. The zero-order valence-corrected chi connectivity index (χ0v) is 16.2. The molecule has 26 heavy (non-hydrogen) atoms. The number of rotatable bonds is 7. The Morgan fingerprint density at radius 1 is 1.46 bits per heavy atom. The van der Waals surface area contributed by atoms with E-state index in [0.717, 1.165) is 42.6 Å². The van der Waals surface area contributed by atoms with Crippen molar-refractivity contribution < 1.29 is 9.53 Å². The molecule has 2 aromatic heterocycles. The van der Waals surface area contributed by atoms with Crippen molar-refractivity contribution in [1.82, 2.24) is 20.2 Å². The van der Waals surface area contributed by atoms with E-state index < -0.39 is 0 Å². The molecule has 6 nitrogen and oxygen atoms in total. The Balaban J connectivity index is 1.45. The number of aromatic nitrogens is 2. The van der Waals surface area contributed by atoms with Gasteiger partial charge in [-0.2, -0.15) is 0 Å². The minimum Gasteiger partial charge on any atom is -0.374 e. The van der Waals surface area contributed by atoms with E-state index in [1.54, 1.807) is 6.20 Å². The highest BCUT2D eigenvalue weighted by Gasteiger charge is 2.21. The Kier molecular flexibility index (Phi) is 6.71. The van der Waals surface area contributed by atoms with Gasteiger partial charge in [-0.3, -0.25) is 14.7 Å². The lowest BCUT2D eigenvalue weighted by molar-refractivity contribution is -0.121. The van der Waals surface area contributed by atoms with Gasteiger partial charge in [-0.05, 0) is 18.1 Å². The molecule has 1 saturated heterocycles. The summed E-state index contributed by atoms with van der Waals surface area (Å²) in [6.07, 6.45) is 2.09. The van der Waals surface area contributed by atoms with Gasteiger partial charge >= 0.3 is 0 Å². The maximum absolute atomic E-state index is 12.2. The van der Waals surface area contributed by atoms with Crippen molar-refractivity contribution in [2.24, 2.45) is 5.92 Å². The highest BCUT2D eigenvalue weighted by molar-refractivity contribution is 7.13. The molecule has 1 unspecified atom stereocenters. The summed E-state index contributed by atoms with van der Waals surface area (Å²) < 4.78 is 5.77. The van der Waals surface area contributed by atoms with E-state index in [4.69, 9.17) is 4.74 Å². The van der Waals surface area contributed by atoms with Crippen LogP contribution in [0.25, 0.3) is 10.7 Å². The summed E-state index contributed by atoms with van der Waals surface area (Å²) in [4.78, 5) is 23.4. The van der Waals surface area contributed by atoms with Crippen LogP contribution in [0.3, 0.4) is 0 Å². The van der Waals surface area contributed by atoms with Gasteiger partial charge in [0.15, 0.2) is 0 Å². The summed E-state index contributed by atoms with van der Waals surface area (Å²) >= 11 is 1.51. The van der Waals surface area contributed by atoms with Crippen LogP contribution in [0.15, 0.2) is 29.8 Å². The van der Waals surface area contributed by atoms with E-state index in [1.165, 1.54) is 11.3 Å². The van der Waals surface area contributed by atoms with Crippen molar-refractivity contribution in [1.29, 1.82) is 0 Å². The normalized spacial score (nSPS) is 18.2. The number of carbonyl (C=O) groups is 1. The van der Waals surface area contributed by atoms with E-state index in [9.17, 15) is 4.79 Å². The topological polar surface area (TPSA) is 67.3 Å². The van der Waals surface area contributed by atoms with Crippen molar-refractivity contribution in [2.75, 3.05) is 32.8 Å². The quantitative estimate of drug-likeness (QED) is 0.805. The largest absolute Gasteiger partial charge is 0.374 e. The number of ether oxygens (including phenoxy) is 1. The van der Waals surface area contributed by atoms with Crippen molar-refractivity contribution in [3.05, 3.63) is 35.5 Å². The summed E-state index contributed by atoms with van der Waals surface area (Å²) in [7, 11) is 0. The molecule has 7 heteroatoms. The van der Waals surface area contributed by atoms with Gasteiger partial charge in [-0.25, -0.2) is 4.98 Å². The summed E-state index contributed by atoms with van der Waals surface area (Å²) in [5.41, 5.74) is 1.61. The molecule has 0 bridgehead atoms. The van der Waals surface area contributed by atoms with E-state index in [2.05, 4.69) is 34.0 Å². The second kappa shape index (κ2) is 9.21. The lowest BCUT2D eigenvalue weighted by Crippen LogP contribution is -2.48. The SMILES string of the molecule is CC(C)CN1CCOC(CNC(=O)Cc2csc(-c3ccccn3)n2)C1. The van der Waals surface area contributed by atoms with Gasteiger partial charge in [0.05, 0.1) is 30.5 Å². The molecule has 1 atom stereocenters. The predicted octanol–water partition coefficient (Wildman–Crippen LogP) is 2.22. The number of hydrogen-bond donors (Lipinski definition) is 1. The number of thiazole rings is 1. The van der Waals surface area contributed by atoms with Crippen molar-refractivity contribution >= 4 is 17.2 Å². The van der Waals surface area contributed by atoms with Gasteiger partial charge in [-0.15, -0.1) is 11.3 Å². The van der Waals surface area contributed by atoms with Gasteiger partial charge in [0.25, 0.3) is 0 Å². The molecule has 0 spiro atoms. The Morgan fingerprint density at radius 2 is 2.35 bits per heavy atom. The number of amides is 1. The molecule has 0 aromatic carbocycles. The van der Waals surface area contributed by atoms with Gasteiger partial charge in [0.2, 0.25) is 5.91 Å². The Morgan fingerprint density at radius 3 is 3.12 bits per heavy atom. The summed E-state index contributed by atoms with van der Waals surface area (Å²) in [5, 5.41) is 5.74. The lowest BCUT2D eigenvalue weighted by Gasteiger charge is -2.33. The molecule has 1 amide bonds. The zero-order chi connectivity index (χ0) is 18.4. The first kappa shape index (κ1) is 18.9. The van der Waals surface area contributed by atoms with Crippen molar-refractivity contribution in [2.45, 2.75) is 26.4 Å². The van der Waals surface area contributed by atoms with E-state index in [0.29, 0.717) is 12.5 Å². The monoisotopic (exact) mass is 374 g/mol. The van der Waals surface area contributed by atoms with Crippen LogP contribution in [0.5, 0.6) is 0 Å². The van der Waals surface area contributed by atoms with E-state index in [-0.39, 0.29) is 18.4 Å². The second-order valence-electron chi connectivity index (χ2n) is 6.99. The van der Waals surface area contributed by atoms with Gasteiger partial charge in [0.1, 0.15) is 5.01 Å². The van der Waals surface area contributed by atoms with Gasteiger partial charge in [0, 0.05) is 37.8 Å². The Bertz CT molecular complexity index is 705. The molecule has 2 aromatic rings. The maximum atomic E-state index is 12.2. The molecule has 1 fully saturated rings. The van der Waals surface area contributed by atoms with Crippen molar-refractivity contribution in [3.8, 4) is 10.7 Å². The van der Waals surface area contributed by atoms with Crippen LogP contribution in [0.4, 0.5) is 0 Å². The molecule has 0 saturated carbocycles. The minimum absolute atomic E-state index is 0.0209. The first-order chi connectivity index (χ1) is 12.6. The van der Waals surface area contributed by atoms with Gasteiger partial charge in [-0.1, -0.05) is 19.9 Å². The molecule has 3 rings (SSSR count). The highest BCUT2D eigenvalue weighted by atomic mass is 32.1. The number of hydrogen-bond acceptors (Lipinski definition) is 6. The van der Waals surface area contributed by atoms with Gasteiger partial charge < -0.3 is 10.1 Å². The highest BCUT2D eigenvalue weighted by Crippen LogP contribution is 2.21. The lowest BCUT2D eigenvalue weighted by atomic mass is 10.2. The average molecular weight is 375 g/mol. The van der Waals surface area contributed by atoms with E-state index >= 15 is 0 Å². The fraction of sp³-hybridized carbons (Fsp3) is 0.526. The third kappa shape index (κ3) is 5.59. The summed E-state index contributed by atoms with van der Waals surface area (Å²) in [6, 6.07) is 5.73. The number of nitrogens with one attached hydrogen (secondary N) is 1. The molecule has 140 valence electrons. The number of carbonyl (C=O) groups excluding carboxylic acids is 1. The molecule has 0 radical (unpaired) electrons. The second-order valence-corrected chi connectivity index (χ2v) is 7.84. The van der Waals surface area contributed by atoms with Crippen molar-refractivity contribution in [3.63, 3.8) is 0 Å². The molecule has 1 N–H and O–H groups in total. The Labute approximate surface area is 158 Å². The molecular weight excluding hydrogens is 348 g/mol. The standard InChI is InChI=1S/C19H26N4O2S/c1-14(2)11-23-7-8-25-16(12-23)10-21-18(24)9-15-13-26-19(22-15)17-5-3-4-6-20-17/h3-6,13-14,16H,7-12H2,1-2H3,(H,21,24). The third-order valence-corrected chi connectivity index (χ3v) is 5.06. The average Bonchev–Trinajstić information content (AvgIpc) is 3.09. The van der Waals surface area contributed by atoms with Crippen LogP contribution in [-0.4, -0.2) is 59.7 Å². The smallest absolute Gasteiger partial charge is 0.226 e. The molecule has 1 aliphatic heterocycles. The fourth-order valence-electron chi connectivity index (χ4n) is 3.04. The zero-order valence-electron chi connectivity index (χ0n) is 15.4. The molecule has 3 heterocycles. The number of morpholine rings is 1.